The topological polar surface area (TPSA) is 72.4 Å². The van der Waals surface area contributed by atoms with E-state index < -0.39 is 0 Å². The molecule has 3 aromatic rings. The molecule has 7 nitrogen and oxygen atoms in total. The van der Waals surface area contributed by atoms with Gasteiger partial charge in [0, 0.05) is 19.2 Å². The maximum Gasteiger partial charge on any atom is 0.249 e. The van der Waals surface area contributed by atoms with Crippen LogP contribution in [0.25, 0.3) is 0 Å². The van der Waals surface area contributed by atoms with Crippen molar-refractivity contribution >= 4 is 17.5 Å². The lowest BCUT2D eigenvalue weighted by Crippen LogP contribution is -2.31. The highest BCUT2D eigenvalue weighted by atomic mass is 16.5. The van der Waals surface area contributed by atoms with Crippen molar-refractivity contribution in [1.29, 1.82) is 0 Å². The number of anilines is 3. The van der Waals surface area contributed by atoms with Crippen LogP contribution in [0.1, 0.15) is 11.1 Å². The summed E-state index contributed by atoms with van der Waals surface area (Å²) in [6, 6.07) is 14.0. The SMILES string of the molecule is COc1ccc(Nc2nncc(N3CCc4ccccc4C3)n2)c(OC)c1. The summed E-state index contributed by atoms with van der Waals surface area (Å²) in [6.45, 7) is 1.72. The Morgan fingerprint density at radius 1 is 1.04 bits per heavy atom. The first-order valence-electron chi connectivity index (χ1n) is 8.77. The van der Waals surface area contributed by atoms with Crippen molar-refractivity contribution < 1.29 is 9.47 Å². The molecule has 0 amide bonds. The predicted octanol–water partition coefficient (Wildman–Crippen LogP) is 3.20. The third-order valence-electron chi connectivity index (χ3n) is 4.66. The van der Waals surface area contributed by atoms with Crippen LogP contribution in [0, 0.1) is 0 Å². The van der Waals surface area contributed by atoms with E-state index in [2.05, 4.69) is 49.7 Å². The Bertz CT molecular complexity index is 947. The molecule has 0 saturated heterocycles. The lowest BCUT2D eigenvalue weighted by molar-refractivity contribution is 0.395. The first-order chi connectivity index (χ1) is 13.3. The average Bonchev–Trinajstić information content (AvgIpc) is 2.74. The molecule has 0 unspecified atom stereocenters. The Labute approximate surface area is 158 Å². The zero-order valence-electron chi connectivity index (χ0n) is 15.3. The Kier molecular flexibility index (Phi) is 4.74. The summed E-state index contributed by atoms with van der Waals surface area (Å²) in [5, 5.41) is 11.4. The molecule has 0 fully saturated rings. The van der Waals surface area contributed by atoms with E-state index >= 15 is 0 Å². The van der Waals surface area contributed by atoms with Crippen molar-refractivity contribution in [2.75, 3.05) is 31.0 Å². The standard InChI is InChI=1S/C20H21N5O2/c1-26-16-7-8-17(18(11-16)27-2)22-20-23-19(12-21-24-20)25-10-9-14-5-3-4-6-15(14)13-25/h3-8,11-12H,9-10,13H2,1-2H3,(H,22,23,24). The molecule has 0 saturated carbocycles. The van der Waals surface area contributed by atoms with Gasteiger partial charge < -0.3 is 19.7 Å². The molecule has 0 bridgehead atoms. The van der Waals surface area contributed by atoms with Gasteiger partial charge in [-0.2, -0.15) is 10.1 Å². The summed E-state index contributed by atoms with van der Waals surface area (Å²) in [6.07, 6.45) is 2.69. The summed E-state index contributed by atoms with van der Waals surface area (Å²) in [5.41, 5.74) is 3.48. The fraction of sp³-hybridized carbons (Fsp3) is 0.250. The first kappa shape index (κ1) is 17.1. The quantitative estimate of drug-likeness (QED) is 0.746. The van der Waals surface area contributed by atoms with Gasteiger partial charge in [0.05, 0.1) is 26.1 Å². The highest BCUT2D eigenvalue weighted by Gasteiger charge is 2.18. The third kappa shape index (κ3) is 3.62. The van der Waals surface area contributed by atoms with Crippen molar-refractivity contribution in [1.82, 2.24) is 15.2 Å². The van der Waals surface area contributed by atoms with Crippen LogP contribution in [0.15, 0.2) is 48.7 Å². The van der Waals surface area contributed by atoms with Crippen molar-refractivity contribution in [2.24, 2.45) is 0 Å². The lowest BCUT2D eigenvalue weighted by atomic mass is 10.0. The van der Waals surface area contributed by atoms with Gasteiger partial charge in [-0.1, -0.05) is 24.3 Å². The molecule has 4 rings (SSSR count). The minimum atomic E-state index is 0.426. The Morgan fingerprint density at radius 2 is 1.89 bits per heavy atom. The molecular formula is C20H21N5O2. The van der Waals surface area contributed by atoms with Crippen LogP contribution < -0.4 is 19.7 Å². The van der Waals surface area contributed by atoms with E-state index in [1.54, 1.807) is 26.5 Å². The van der Waals surface area contributed by atoms with Crippen LogP contribution in [0.5, 0.6) is 11.5 Å². The molecule has 2 heterocycles. The number of nitrogens with one attached hydrogen (secondary N) is 1. The van der Waals surface area contributed by atoms with Gasteiger partial charge >= 0.3 is 0 Å². The summed E-state index contributed by atoms with van der Waals surface area (Å²) in [4.78, 5) is 6.85. The van der Waals surface area contributed by atoms with E-state index in [1.807, 2.05) is 12.1 Å². The molecule has 2 aromatic carbocycles. The minimum absolute atomic E-state index is 0.426. The van der Waals surface area contributed by atoms with Crippen molar-refractivity contribution in [3.63, 3.8) is 0 Å². The van der Waals surface area contributed by atoms with Gasteiger partial charge in [-0.05, 0) is 29.7 Å². The van der Waals surface area contributed by atoms with Crippen LogP contribution in [-0.4, -0.2) is 35.9 Å². The number of nitrogens with zero attached hydrogens (tertiary/aromatic N) is 4. The highest BCUT2D eigenvalue weighted by Crippen LogP contribution is 2.31. The molecule has 0 atom stereocenters. The monoisotopic (exact) mass is 363 g/mol. The second-order valence-corrected chi connectivity index (χ2v) is 6.27. The van der Waals surface area contributed by atoms with Gasteiger partial charge in [0.25, 0.3) is 0 Å². The number of fused-ring (bicyclic) bond motifs is 1. The number of methoxy groups -OCH3 is 2. The number of aromatic nitrogens is 3. The first-order valence-corrected chi connectivity index (χ1v) is 8.77. The normalized spacial score (nSPS) is 13.0. The van der Waals surface area contributed by atoms with Crippen LogP contribution in [0.3, 0.4) is 0 Å². The van der Waals surface area contributed by atoms with Crippen LogP contribution >= 0.6 is 0 Å². The van der Waals surface area contributed by atoms with Crippen LogP contribution in [0.4, 0.5) is 17.5 Å². The molecule has 0 radical (unpaired) electrons. The summed E-state index contributed by atoms with van der Waals surface area (Å²) < 4.78 is 10.6. The molecule has 1 aliphatic rings. The number of ether oxygens (including phenoxy) is 2. The van der Waals surface area contributed by atoms with E-state index in [4.69, 9.17) is 9.47 Å². The van der Waals surface area contributed by atoms with Gasteiger partial charge in [0.15, 0.2) is 5.82 Å². The summed E-state index contributed by atoms with van der Waals surface area (Å²) in [7, 11) is 3.23. The molecule has 1 N–H and O–H groups in total. The van der Waals surface area contributed by atoms with E-state index in [0.717, 1.165) is 36.8 Å². The van der Waals surface area contributed by atoms with Crippen molar-refractivity contribution in [2.45, 2.75) is 13.0 Å². The number of rotatable bonds is 5. The maximum atomic E-state index is 5.42. The highest BCUT2D eigenvalue weighted by molar-refractivity contribution is 5.64. The summed E-state index contributed by atoms with van der Waals surface area (Å²) in [5.74, 6) is 2.59. The second kappa shape index (κ2) is 7.49. The molecular weight excluding hydrogens is 342 g/mol. The van der Waals surface area contributed by atoms with E-state index in [0.29, 0.717) is 11.7 Å². The van der Waals surface area contributed by atoms with Crippen LogP contribution in [0.2, 0.25) is 0 Å². The van der Waals surface area contributed by atoms with Gasteiger partial charge in [-0.15, -0.1) is 5.10 Å². The van der Waals surface area contributed by atoms with E-state index in [1.165, 1.54) is 11.1 Å². The number of benzene rings is 2. The predicted molar refractivity (Wildman–Crippen MR) is 104 cm³/mol. The Balaban J connectivity index is 1.55. The Hall–Kier alpha value is -3.35. The molecule has 0 aliphatic carbocycles. The van der Waals surface area contributed by atoms with Crippen molar-refractivity contribution in [3.8, 4) is 11.5 Å². The zero-order valence-corrected chi connectivity index (χ0v) is 15.3. The molecule has 1 aliphatic heterocycles. The minimum Gasteiger partial charge on any atom is -0.497 e. The molecule has 138 valence electrons. The smallest absolute Gasteiger partial charge is 0.249 e. The fourth-order valence-electron chi connectivity index (χ4n) is 3.21. The fourth-order valence-corrected chi connectivity index (χ4v) is 3.21. The molecule has 27 heavy (non-hydrogen) atoms. The Morgan fingerprint density at radius 3 is 2.70 bits per heavy atom. The molecule has 7 heteroatoms. The van der Waals surface area contributed by atoms with Gasteiger partial charge in [0.2, 0.25) is 5.95 Å². The zero-order chi connectivity index (χ0) is 18.6. The third-order valence-corrected chi connectivity index (χ3v) is 4.66. The van der Waals surface area contributed by atoms with Gasteiger partial charge in [-0.25, -0.2) is 0 Å². The maximum absolute atomic E-state index is 5.42. The van der Waals surface area contributed by atoms with Gasteiger partial charge in [-0.3, -0.25) is 0 Å². The van der Waals surface area contributed by atoms with Crippen molar-refractivity contribution in [3.05, 3.63) is 59.8 Å². The lowest BCUT2D eigenvalue weighted by Gasteiger charge is -2.29. The number of hydrogen-bond acceptors (Lipinski definition) is 7. The average molecular weight is 363 g/mol. The largest absolute Gasteiger partial charge is 0.497 e. The number of hydrogen-bond donors (Lipinski definition) is 1. The molecule has 0 spiro atoms. The van der Waals surface area contributed by atoms with Crippen LogP contribution in [-0.2, 0) is 13.0 Å². The van der Waals surface area contributed by atoms with Gasteiger partial charge in [0.1, 0.15) is 11.5 Å². The second-order valence-electron chi connectivity index (χ2n) is 6.27. The molecule has 1 aromatic heterocycles. The van der Waals surface area contributed by atoms with E-state index in [-0.39, 0.29) is 0 Å². The summed E-state index contributed by atoms with van der Waals surface area (Å²) >= 11 is 0. The van der Waals surface area contributed by atoms with E-state index in [9.17, 15) is 0 Å².